The van der Waals surface area contributed by atoms with Crippen molar-refractivity contribution in [2.24, 2.45) is 0 Å². The molecule has 1 unspecified atom stereocenters. The lowest BCUT2D eigenvalue weighted by Crippen LogP contribution is -2.33. The molecule has 0 aromatic heterocycles. The zero-order valence-corrected chi connectivity index (χ0v) is 11.0. The predicted octanol–water partition coefficient (Wildman–Crippen LogP) is 1.62. The number of carboxylic acid groups (broad SMARTS) is 1. The van der Waals surface area contributed by atoms with E-state index < -0.39 is 12.1 Å². The van der Waals surface area contributed by atoms with Gasteiger partial charge in [-0.3, -0.25) is 0 Å². The molecule has 1 rings (SSSR count). The first-order valence-electron chi connectivity index (χ1n) is 5.93. The maximum Gasteiger partial charge on any atom is 0.335 e. The third kappa shape index (κ3) is 4.97. The van der Waals surface area contributed by atoms with E-state index in [2.05, 4.69) is 5.32 Å². The fourth-order valence-electron chi connectivity index (χ4n) is 1.40. The van der Waals surface area contributed by atoms with E-state index in [1.54, 1.807) is 14.0 Å². The van der Waals surface area contributed by atoms with E-state index >= 15 is 0 Å². The van der Waals surface area contributed by atoms with Gasteiger partial charge in [0.1, 0.15) is 0 Å². The first-order chi connectivity index (χ1) is 8.90. The Morgan fingerprint density at radius 2 is 1.89 bits per heavy atom. The molecule has 0 saturated heterocycles. The van der Waals surface area contributed by atoms with Gasteiger partial charge in [-0.1, -0.05) is 0 Å². The van der Waals surface area contributed by atoms with Crippen LogP contribution in [0.2, 0.25) is 0 Å². The summed E-state index contributed by atoms with van der Waals surface area (Å²) in [6.45, 7) is 2.10. The molecular formula is C13H18N2O4. The summed E-state index contributed by atoms with van der Waals surface area (Å²) < 4.78 is 0. The molecule has 0 aliphatic heterocycles. The van der Waals surface area contributed by atoms with E-state index in [1.807, 2.05) is 0 Å². The van der Waals surface area contributed by atoms with Crippen LogP contribution in [0.1, 0.15) is 23.7 Å². The number of nitrogens with one attached hydrogen (secondary N) is 1. The fraction of sp³-hybridized carbons (Fsp3) is 0.385. The van der Waals surface area contributed by atoms with Gasteiger partial charge in [-0.2, -0.15) is 0 Å². The summed E-state index contributed by atoms with van der Waals surface area (Å²) in [4.78, 5) is 23.9. The van der Waals surface area contributed by atoms with Crippen LogP contribution in [0.25, 0.3) is 0 Å². The van der Waals surface area contributed by atoms with Gasteiger partial charge >= 0.3 is 12.0 Å². The number of hydrogen-bond acceptors (Lipinski definition) is 3. The minimum absolute atomic E-state index is 0.167. The van der Waals surface area contributed by atoms with E-state index in [4.69, 9.17) is 10.2 Å². The van der Waals surface area contributed by atoms with E-state index in [0.29, 0.717) is 18.7 Å². The smallest absolute Gasteiger partial charge is 0.335 e. The molecule has 1 aromatic carbocycles. The summed E-state index contributed by atoms with van der Waals surface area (Å²) in [7, 11) is 1.63. The van der Waals surface area contributed by atoms with Crippen molar-refractivity contribution < 1.29 is 19.8 Å². The van der Waals surface area contributed by atoms with Gasteiger partial charge in [-0.25, -0.2) is 9.59 Å². The highest BCUT2D eigenvalue weighted by atomic mass is 16.4. The molecule has 0 radical (unpaired) electrons. The second-order valence-electron chi connectivity index (χ2n) is 4.37. The summed E-state index contributed by atoms with van der Waals surface area (Å²) >= 11 is 0. The van der Waals surface area contributed by atoms with Crippen LogP contribution in [0.5, 0.6) is 0 Å². The highest BCUT2D eigenvalue weighted by molar-refractivity contribution is 5.91. The van der Waals surface area contributed by atoms with Crippen molar-refractivity contribution in [3.8, 4) is 0 Å². The molecule has 0 heterocycles. The maximum atomic E-state index is 11.8. The lowest BCUT2D eigenvalue weighted by atomic mass is 10.2. The van der Waals surface area contributed by atoms with Gasteiger partial charge in [0.2, 0.25) is 0 Å². The number of aliphatic hydroxyl groups excluding tert-OH is 1. The predicted molar refractivity (Wildman–Crippen MR) is 71.3 cm³/mol. The number of amides is 2. The Morgan fingerprint density at radius 3 is 2.37 bits per heavy atom. The Kier molecular flexibility index (Phi) is 5.32. The molecule has 6 heteroatoms. The maximum absolute atomic E-state index is 11.8. The Labute approximate surface area is 111 Å². The average Bonchev–Trinajstić information content (AvgIpc) is 2.36. The molecule has 2 amide bonds. The number of rotatable bonds is 5. The molecule has 3 N–H and O–H groups in total. The topological polar surface area (TPSA) is 89.9 Å². The minimum Gasteiger partial charge on any atom is -0.478 e. The standard InChI is InChI=1S/C13H18N2O4/c1-9(16)7-8-15(2)13(19)14-11-5-3-10(4-6-11)12(17)18/h3-6,9,16H,7-8H2,1-2H3,(H,14,19)(H,17,18). The van der Waals surface area contributed by atoms with Crippen LogP contribution >= 0.6 is 0 Å². The summed E-state index contributed by atoms with van der Waals surface area (Å²) in [5.41, 5.74) is 0.694. The lowest BCUT2D eigenvalue weighted by Gasteiger charge is -2.18. The number of benzene rings is 1. The first kappa shape index (κ1) is 15.0. The zero-order valence-electron chi connectivity index (χ0n) is 11.0. The van der Waals surface area contributed by atoms with E-state index in [1.165, 1.54) is 29.2 Å². The molecule has 0 saturated carbocycles. The number of aliphatic hydroxyl groups is 1. The quantitative estimate of drug-likeness (QED) is 0.755. The number of urea groups is 1. The van der Waals surface area contributed by atoms with Gasteiger partial charge in [-0.05, 0) is 37.6 Å². The van der Waals surface area contributed by atoms with Crippen molar-refractivity contribution in [2.45, 2.75) is 19.4 Å². The van der Waals surface area contributed by atoms with E-state index in [-0.39, 0.29) is 11.6 Å². The first-order valence-corrected chi connectivity index (χ1v) is 5.93. The second-order valence-corrected chi connectivity index (χ2v) is 4.37. The SMILES string of the molecule is CC(O)CCN(C)C(=O)Nc1ccc(C(=O)O)cc1. The highest BCUT2D eigenvalue weighted by Gasteiger charge is 2.10. The highest BCUT2D eigenvalue weighted by Crippen LogP contribution is 2.10. The number of carbonyl (C=O) groups excluding carboxylic acids is 1. The van der Waals surface area contributed by atoms with Crippen molar-refractivity contribution in [1.29, 1.82) is 0 Å². The molecule has 0 bridgehead atoms. The Morgan fingerprint density at radius 1 is 1.32 bits per heavy atom. The van der Waals surface area contributed by atoms with Crippen LogP contribution in [0.4, 0.5) is 10.5 Å². The molecule has 0 aliphatic carbocycles. The normalized spacial score (nSPS) is 11.7. The van der Waals surface area contributed by atoms with Gasteiger partial charge in [0.25, 0.3) is 0 Å². The van der Waals surface area contributed by atoms with Gasteiger partial charge in [0.05, 0.1) is 11.7 Å². The lowest BCUT2D eigenvalue weighted by molar-refractivity contribution is 0.0697. The molecule has 0 spiro atoms. The average molecular weight is 266 g/mol. The van der Waals surface area contributed by atoms with Crippen molar-refractivity contribution in [2.75, 3.05) is 18.9 Å². The van der Waals surface area contributed by atoms with Crippen molar-refractivity contribution >= 4 is 17.7 Å². The number of aromatic carboxylic acids is 1. The molecule has 1 atom stereocenters. The Balaban J connectivity index is 2.54. The third-order valence-corrected chi connectivity index (χ3v) is 2.61. The third-order valence-electron chi connectivity index (χ3n) is 2.61. The van der Waals surface area contributed by atoms with Gasteiger partial charge < -0.3 is 20.4 Å². The Hall–Kier alpha value is -2.08. The summed E-state index contributed by atoms with van der Waals surface area (Å²) in [5, 5.41) is 20.5. The van der Waals surface area contributed by atoms with Crippen LogP contribution in [-0.2, 0) is 0 Å². The molecule has 6 nitrogen and oxygen atoms in total. The van der Waals surface area contributed by atoms with Gasteiger partial charge in [0, 0.05) is 19.3 Å². The fourth-order valence-corrected chi connectivity index (χ4v) is 1.40. The van der Waals surface area contributed by atoms with Crippen LogP contribution in [-0.4, -0.2) is 46.8 Å². The summed E-state index contributed by atoms with van der Waals surface area (Å²) in [5.74, 6) is -1.01. The minimum atomic E-state index is -1.01. The van der Waals surface area contributed by atoms with E-state index in [0.717, 1.165) is 0 Å². The Bertz CT molecular complexity index is 442. The number of hydrogen-bond donors (Lipinski definition) is 3. The molecule has 0 aliphatic rings. The second kappa shape index (κ2) is 6.75. The molecular weight excluding hydrogens is 248 g/mol. The summed E-state index contributed by atoms with van der Waals surface area (Å²) in [6, 6.07) is 5.61. The zero-order chi connectivity index (χ0) is 14.4. The number of carboxylic acids is 1. The number of carbonyl (C=O) groups is 2. The summed E-state index contributed by atoms with van der Waals surface area (Å²) in [6.07, 6.45) is 0.0482. The van der Waals surface area contributed by atoms with Gasteiger partial charge in [-0.15, -0.1) is 0 Å². The van der Waals surface area contributed by atoms with Crippen molar-refractivity contribution in [3.05, 3.63) is 29.8 Å². The molecule has 19 heavy (non-hydrogen) atoms. The molecule has 1 aromatic rings. The monoisotopic (exact) mass is 266 g/mol. The van der Waals surface area contributed by atoms with E-state index in [9.17, 15) is 9.59 Å². The van der Waals surface area contributed by atoms with Crippen LogP contribution in [0.3, 0.4) is 0 Å². The molecule has 0 fully saturated rings. The van der Waals surface area contributed by atoms with Crippen LogP contribution in [0.15, 0.2) is 24.3 Å². The van der Waals surface area contributed by atoms with Crippen molar-refractivity contribution in [3.63, 3.8) is 0 Å². The largest absolute Gasteiger partial charge is 0.478 e. The number of nitrogens with zero attached hydrogens (tertiary/aromatic N) is 1. The van der Waals surface area contributed by atoms with Crippen molar-refractivity contribution in [1.82, 2.24) is 4.90 Å². The molecule has 104 valence electrons. The van der Waals surface area contributed by atoms with Gasteiger partial charge in [0.15, 0.2) is 0 Å². The number of anilines is 1. The van der Waals surface area contributed by atoms with Crippen LogP contribution < -0.4 is 5.32 Å². The van der Waals surface area contributed by atoms with Crippen LogP contribution in [0, 0.1) is 0 Å².